The summed E-state index contributed by atoms with van der Waals surface area (Å²) in [4.78, 5) is 34.7. The summed E-state index contributed by atoms with van der Waals surface area (Å²) in [5.41, 5.74) is 2.50. The molecule has 9 heteroatoms. The fourth-order valence-electron chi connectivity index (χ4n) is 4.02. The van der Waals surface area contributed by atoms with Gasteiger partial charge in [0, 0.05) is 37.4 Å². The van der Waals surface area contributed by atoms with E-state index >= 15 is 0 Å². The third-order valence-electron chi connectivity index (χ3n) is 5.96. The molecule has 1 atom stereocenters. The fourth-order valence-corrected chi connectivity index (χ4v) is 4.97. The number of thiazole rings is 1. The van der Waals surface area contributed by atoms with Gasteiger partial charge in [-0.05, 0) is 44.2 Å². The second kappa shape index (κ2) is 10.8. The van der Waals surface area contributed by atoms with E-state index in [1.54, 1.807) is 39.0 Å². The third kappa shape index (κ3) is 5.40. The first-order chi connectivity index (χ1) is 16.9. The summed E-state index contributed by atoms with van der Waals surface area (Å²) < 4.78 is 16.2. The maximum atomic E-state index is 12.9. The predicted octanol–water partition coefficient (Wildman–Crippen LogP) is 4.03. The van der Waals surface area contributed by atoms with Gasteiger partial charge in [-0.3, -0.25) is 4.79 Å². The molecule has 1 unspecified atom stereocenters. The number of benzene rings is 2. The molecule has 0 radical (unpaired) electrons. The molecule has 1 aliphatic heterocycles. The van der Waals surface area contributed by atoms with Crippen LogP contribution in [0.2, 0.25) is 0 Å². The monoisotopic (exact) mass is 495 g/mol. The summed E-state index contributed by atoms with van der Waals surface area (Å²) in [5.74, 6) is 0.457. The van der Waals surface area contributed by atoms with Crippen LogP contribution in [-0.2, 0) is 9.53 Å². The number of aromatic nitrogens is 1. The molecule has 3 aromatic rings. The second-order valence-electron chi connectivity index (χ2n) is 8.20. The van der Waals surface area contributed by atoms with Crippen LogP contribution in [0.15, 0.2) is 48.5 Å². The number of methoxy groups -OCH3 is 2. The minimum atomic E-state index is -0.878. The zero-order chi connectivity index (χ0) is 24.9. The van der Waals surface area contributed by atoms with Crippen LogP contribution in [0, 0.1) is 6.92 Å². The second-order valence-corrected chi connectivity index (χ2v) is 9.20. The van der Waals surface area contributed by atoms with Gasteiger partial charge in [-0.2, -0.15) is 0 Å². The van der Waals surface area contributed by atoms with Gasteiger partial charge in [-0.1, -0.05) is 18.2 Å². The van der Waals surface area contributed by atoms with E-state index in [9.17, 15) is 9.59 Å². The van der Waals surface area contributed by atoms with E-state index in [1.807, 2.05) is 30.3 Å². The van der Waals surface area contributed by atoms with E-state index < -0.39 is 12.1 Å². The van der Waals surface area contributed by atoms with Gasteiger partial charge in [0.1, 0.15) is 9.88 Å². The topological polar surface area (TPSA) is 81.2 Å². The van der Waals surface area contributed by atoms with Crippen molar-refractivity contribution >= 4 is 28.9 Å². The largest absolute Gasteiger partial charge is 0.493 e. The normalized spacial score (nSPS) is 14.4. The summed E-state index contributed by atoms with van der Waals surface area (Å²) in [6, 6.07) is 15.6. The molecular weight excluding hydrogens is 466 g/mol. The Balaban J connectivity index is 1.38. The van der Waals surface area contributed by atoms with Crippen molar-refractivity contribution in [3.05, 3.63) is 59.1 Å². The Hall–Kier alpha value is -3.59. The van der Waals surface area contributed by atoms with E-state index in [4.69, 9.17) is 14.2 Å². The average molecular weight is 496 g/mol. The Morgan fingerprint density at radius 1 is 0.971 bits per heavy atom. The molecule has 0 aliphatic carbocycles. The predicted molar refractivity (Wildman–Crippen MR) is 136 cm³/mol. The molecule has 4 rings (SSSR count). The van der Waals surface area contributed by atoms with Gasteiger partial charge >= 0.3 is 5.97 Å². The highest BCUT2D eigenvalue weighted by atomic mass is 32.1. The van der Waals surface area contributed by atoms with E-state index in [1.165, 1.54) is 11.3 Å². The van der Waals surface area contributed by atoms with Crippen LogP contribution < -0.4 is 14.4 Å². The number of esters is 1. The lowest BCUT2D eigenvalue weighted by atomic mass is 10.2. The maximum absolute atomic E-state index is 12.9. The zero-order valence-electron chi connectivity index (χ0n) is 20.3. The van der Waals surface area contributed by atoms with E-state index in [0.717, 1.165) is 24.3 Å². The molecule has 0 N–H and O–H groups in total. The highest BCUT2D eigenvalue weighted by Crippen LogP contribution is 2.35. The molecule has 184 valence electrons. The quantitative estimate of drug-likeness (QED) is 0.458. The summed E-state index contributed by atoms with van der Waals surface area (Å²) in [7, 11) is 3.14. The Bertz CT molecular complexity index is 1190. The van der Waals surface area contributed by atoms with Crippen molar-refractivity contribution in [1.82, 2.24) is 9.88 Å². The summed E-state index contributed by atoms with van der Waals surface area (Å²) in [5, 5.41) is 0.659. The summed E-state index contributed by atoms with van der Waals surface area (Å²) in [6.45, 7) is 6.01. The van der Waals surface area contributed by atoms with Crippen LogP contribution in [0.25, 0.3) is 10.6 Å². The first-order valence-electron chi connectivity index (χ1n) is 11.4. The number of carbonyl (C=O) groups excluding carboxylic acids is 2. The Labute approximate surface area is 209 Å². The van der Waals surface area contributed by atoms with Gasteiger partial charge in [-0.15, -0.1) is 11.3 Å². The first-order valence-corrected chi connectivity index (χ1v) is 12.2. The van der Waals surface area contributed by atoms with Gasteiger partial charge < -0.3 is 24.0 Å². The SMILES string of the molecule is COc1ccc(-c2nc(C)c(C(=O)OC(C)C(=O)N3CCN(c4ccccc4)CC3)s2)cc1OC. The molecule has 35 heavy (non-hydrogen) atoms. The van der Waals surface area contributed by atoms with Gasteiger partial charge in [0.05, 0.1) is 19.9 Å². The third-order valence-corrected chi connectivity index (χ3v) is 7.14. The van der Waals surface area contributed by atoms with E-state index in [0.29, 0.717) is 40.2 Å². The van der Waals surface area contributed by atoms with Crippen LogP contribution in [0.4, 0.5) is 5.69 Å². The van der Waals surface area contributed by atoms with Crippen LogP contribution in [0.5, 0.6) is 11.5 Å². The standard InChI is InChI=1S/C26H29N3O5S/c1-17-23(35-24(27-17)19-10-11-21(32-3)22(16-19)33-4)26(31)34-18(2)25(30)29-14-12-28(13-15-29)20-8-6-5-7-9-20/h5-11,16,18H,12-15H2,1-4H3. The highest BCUT2D eigenvalue weighted by molar-refractivity contribution is 7.17. The smallest absolute Gasteiger partial charge is 0.351 e. The molecule has 0 bridgehead atoms. The molecule has 1 aliphatic rings. The fraction of sp³-hybridized carbons (Fsp3) is 0.346. The van der Waals surface area contributed by atoms with Crippen molar-refractivity contribution in [3.8, 4) is 22.1 Å². The number of aryl methyl sites for hydroxylation is 1. The number of piperazine rings is 1. The Kier molecular flexibility index (Phi) is 7.55. The van der Waals surface area contributed by atoms with Gasteiger partial charge in [0.2, 0.25) is 0 Å². The molecule has 1 fully saturated rings. The number of para-hydroxylation sites is 1. The number of ether oxygens (including phenoxy) is 3. The molecule has 1 amide bonds. The van der Waals surface area contributed by atoms with Crippen molar-refractivity contribution in [2.75, 3.05) is 45.3 Å². The molecular formula is C26H29N3O5S. The van der Waals surface area contributed by atoms with Crippen molar-refractivity contribution in [2.45, 2.75) is 20.0 Å². The maximum Gasteiger partial charge on any atom is 0.351 e. The van der Waals surface area contributed by atoms with Crippen molar-refractivity contribution in [2.24, 2.45) is 0 Å². The lowest BCUT2D eigenvalue weighted by Gasteiger charge is -2.37. The number of carbonyl (C=O) groups is 2. The number of nitrogens with zero attached hydrogens (tertiary/aromatic N) is 3. The number of amides is 1. The molecule has 1 aromatic heterocycles. The van der Waals surface area contributed by atoms with Gasteiger partial charge in [0.25, 0.3) is 5.91 Å². The zero-order valence-corrected chi connectivity index (χ0v) is 21.1. The number of hydrogen-bond donors (Lipinski definition) is 0. The number of rotatable bonds is 7. The van der Waals surface area contributed by atoms with E-state index in [-0.39, 0.29) is 5.91 Å². The van der Waals surface area contributed by atoms with Crippen LogP contribution >= 0.6 is 11.3 Å². The molecule has 8 nitrogen and oxygen atoms in total. The molecule has 0 saturated carbocycles. The van der Waals surface area contributed by atoms with Crippen LogP contribution in [-0.4, -0.2) is 68.3 Å². The molecule has 2 aromatic carbocycles. The van der Waals surface area contributed by atoms with Crippen molar-refractivity contribution in [1.29, 1.82) is 0 Å². The summed E-state index contributed by atoms with van der Waals surface area (Å²) in [6.07, 6.45) is -0.878. The Morgan fingerprint density at radius 2 is 1.66 bits per heavy atom. The minimum absolute atomic E-state index is 0.187. The van der Waals surface area contributed by atoms with Gasteiger partial charge in [0.15, 0.2) is 17.6 Å². The lowest BCUT2D eigenvalue weighted by molar-refractivity contribution is -0.140. The molecule has 1 saturated heterocycles. The van der Waals surface area contributed by atoms with Crippen molar-refractivity contribution in [3.63, 3.8) is 0 Å². The van der Waals surface area contributed by atoms with Gasteiger partial charge in [-0.25, -0.2) is 9.78 Å². The molecule has 0 spiro atoms. The van der Waals surface area contributed by atoms with Crippen LogP contribution in [0.1, 0.15) is 22.3 Å². The van der Waals surface area contributed by atoms with E-state index in [2.05, 4.69) is 22.0 Å². The first kappa shape index (κ1) is 24.5. The highest BCUT2D eigenvalue weighted by Gasteiger charge is 2.29. The van der Waals surface area contributed by atoms with Crippen LogP contribution in [0.3, 0.4) is 0 Å². The minimum Gasteiger partial charge on any atom is -0.493 e. The summed E-state index contributed by atoms with van der Waals surface area (Å²) >= 11 is 1.23. The lowest BCUT2D eigenvalue weighted by Crippen LogP contribution is -2.51. The number of hydrogen-bond acceptors (Lipinski definition) is 8. The average Bonchev–Trinajstić information content (AvgIpc) is 3.30. The van der Waals surface area contributed by atoms with Crippen molar-refractivity contribution < 1.29 is 23.8 Å². The number of anilines is 1. The molecule has 2 heterocycles. The Morgan fingerprint density at radius 3 is 2.31 bits per heavy atom.